The SMILES string of the molecule is N#C/C(=N/Nc1snc2ccc(S(=O)(=O)O)cc12)C(=O)c1ccccc1. The molecule has 0 unspecified atom stereocenters. The minimum Gasteiger partial charge on any atom is -0.286 e. The summed E-state index contributed by atoms with van der Waals surface area (Å²) >= 11 is 0.977. The number of carbonyl (C=O) groups is 1. The van der Waals surface area contributed by atoms with E-state index in [1.165, 1.54) is 18.2 Å². The number of hydrogen-bond acceptors (Lipinski definition) is 8. The number of rotatable bonds is 5. The van der Waals surface area contributed by atoms with Gasteiger partial charge in [0.1, 0.15) is 11.1 Å². The molecule has 0 aliphatic carbocycles. The zero-order valence-electron chi connectivity index (χ0n) is 12.9. The van der Waals surface area contributed by atoms with Gasteiger partial charge in [0, 0.05) is 10.9 Å². The van der Waals surface area contributed by atoms with Gasteiger partial charge < -0.3 is 0 Å². The second kappa shape index (κ2) is 7.01. The molecular formula is C16H10N4O4S2. The minimum absolute atomic E-state index is 0.293. The Kier molecular flexibility index (Phi) is 4.77. The van der Waals surface area contributed by atoms with Crippen molar-refractivity contribution in [1.82, 2.24) is 4.37 Å². The lowest BCUT2D eigenvalue weighted by Gasteiger charge is -2.01. The first-order chi connectivity index (χ1) is 12.4. The standard InChI is InChI=1S/C16H10N4O4S2/c17-9-14(15(21)10-4-2-1-3-5-10)18-19-16-12-8-11(26(22,23)24)6-7-13(12)20-25-16/h1-8,19H,(H,22,23,24)/b18-14-. The third-order valence-corrected chi connectivity index (χ3v) is 5.00. The quantitative estimate of drug-likeness (QED) is 0.298. The van der Waals surface area contributed by atoms with Gasteiger partial charge >= 0.3 is 0 Å². The number of carbonyl (C=O) groups excluding carboxylic acids is 1. The number of Topliss-reactive ketones (excluding diaryl/α,β-unsaturated/α-hetero) is 1. The van der Waals surface area contributed by atoms with E-state index in [0.29, 0.717) is 21.5 Å². The van der Waals surface area contributed by atoms with Crippen molar-refractivity contribution in [2.24, 2.45) is 5.10 Å². The molecule has 8 nitrogen and oxygen atoms in total. The second-order valence-electron chi connectivity index (χ2n) is 5.04. The molecular weight excluding hydrogens is 376 g/mol. The number of nitrogens with one attached hydrogen (secondary N) is 1. The number of hydrazone groups is 1. The Morgan fingerprint density at radius 2 is 1.96 bits per heavy atom. The highest BCUT2D eigenvalue weighted by Gasteiger charge is 2.16. The molecule has 26 heavy (non-hydrogen) atoms. The molecule has 1 aromatic heterocycles. The van der Waals surface area contributed by atoms with Crippen LogP contribution in [-0.2, 0) is 10.1 Å². The molecule has 0 radical (unpaired) electrons. The molecule has 3 aromatic rings. The van der Waals surface area contributed by atoms with Crippen molar-refractivity contribution in [3.63, 3.8) is 0 Å². The van der Waals surface area contributed by atoms with E-state index in [4.69, 9.17) is 4.55 Å². The van der Waals surface area contributed by atoms with Crippen LogP contribution >= 0.6 is 11.5 Å². The molecule has 0 aliphatic rings. The Labute approximate surface area is 152 Å². The molecule has 3 rings (SSSR count). The van der Waals surface area contributed by atoms with E-state index in [0.717, 1.165) is 11.5 Å². The highest BCUT2D eigenvalue weighted by molar-refractivity contribution is 7.85. The van der Waals surface area contributed by atoms with E-state index < -0.39 is 15.9 Å². The fourth-order valence-electron chi connectivity index (χ4n) is 2.12. The number of ketones is 1. The highest BCUT2D eigenvalue weighted by atomic mass is 32.2. The average Bonchev–Trinajstić information content (AvgIpc) is 3.04. The van der Waals surface area contributed by atoms with Crippen LogP contribution < -0.4 is 5.43 Å². The summed E-state index contributed by atoms with van der Waals surface area (Å²) < 4.78 is 35.8. The number of benzene rings is 2. The molecule has 0 amide bonds. The van der Waals surface area contributed by atoms with Gasteiger partial charge in [0.25, 0.3) is 10.1 Å². The van der Waals surface area contributed by atoms with Crippen LogP contribution in [-0.4, -0.2) is 28.8 Å². The lowest BCUT2D eigenvalue weighted by Crippen LogP contribution is -2.14. The van der Waals surface area contributed by atoms with Crippen molar-refractivity contribution in [3.8, 4) is 6.07 Å². The van der Waals surface area contributed by atoms with E-state index >= 15 is 0 Å². The zero-order valence-corrected chi connectivity index (χ0v) is 14.6. The third kappa shape index (κ3) is 3.60. The predicted molar refractivity (Wildman–Crippen MR) is 96.9 cm³/mol. The smallest absolute Gasteiger partial charge is 0.286 e. The zero-order chi connectivity index (χ0) is 18.7. The van der Waals surface area contributed by atoms with Crippen LogP contribution in [0.3, 0.4) is 0 Å². The van der Waals surface area contributed by atoms with Crippen molar-refractivity contribution >= 4 is 49.0 Å². The molecule has 0 fully saturated rings. The summed E-state index contributed by atoms with van der Waals surface area (Å²) in [6.07, 6.45) is 0. The van der Waals surface area contributed by atoms with E-state index in [1.807, 2.05) is 0 Å². The number of aromatic nitrogens is 1. The summed E-state index contributed by atoms with van der Waals surface area (Å²) in [5.74, 6) is -0.548. The summed E-state index contributed by atoms with van der Waals surface area (Å²) in [4.78, 5) is 12.0. The first-order valence-corrected chi connectivity index (χ1v) is 9.32. The number of fused-ring (bicyclic) bond motifs is 1. The molecule has 2 N–H and O–H groups in total. The third-order valence-electron chi connectivity index (χ3n) is 3.37. The van der Waals surface area contributed by atoms with Crippen molar-refractivity contribution in [3.05, 3.63) is 54.1 Å². The molecule has 1 heterocycles. The van der Waals surface area contributed by atoms with Gasteiger partial charge in [-0.1, -0.05) is 30.3 Å². The number of nitriles is 1. The molecule has 10 heteroatoms. The molecule has 0 atom stereocenters. The molecule has 2 aromatic carbocycles. The van der Waals surface area contributed by atoms with Crippen molar-refractivity contribution < 1.29 is 17.8 Å². The van der Waals surface area contributed by atoms with Gasteiger partial charge in [-0.25, -0.2) is 0 Å². The number of hydrogen-bond donors (Lipinski definition) is 2. The maximum atomic E-state index is 12.3. The fraction of sp³-hybridized carbons (Fsp3) is 0. The predicted octanol–water partition coefficient (Wildman–Crippen LogP) is 2.72. The van der Waals surface area contributed by atoms with Crippen molar-refractivity contribution in [2.45, 2.75) is 4.90 Å². The molecule has 0 saturated heterocycles. The number of anilines is 1. The highest BCUT2D eigenvalue weighted by Crippen LogP contribution is 2.29. The average molecular weight is 386 g/mol. The Morgan fingerprint density at radius 3 is 2.62 bits per heavy atom. The normalized spacial score (nSPS) is 11.9. The van der Waals surface area contributed by atoms with Gasteiger partial charge in [-0.15, -0.1) is 0 Å². The van der Waals surface area contributed by atoms with Gasteiger partial charge in [-0.3, -0.25) is 14.8 Å². The monoisotopic (exact) mass is 386 g/mol. The van der Waals surface area contributed by atoms with Crippen molar-refractivity contribution in [2.75, 3.05) is 5.43 Å². The van der Waals surface area contributed by atoms with Crippen LogP contribution in [0.1, 0.15) is 10.4 Å². The van der Waals surface area contributed by atoms with Crippen LogP contribution in [0.5, 0.6) is 0 Å². The first kappa shape index (κ1) is 17.7. The minimum atomic E-state index is -4.37. The Morgan fingerprint density at radius 1 is 1.23 bits per heavy atom. The van der Waals surface area contributed by atoms with Gasteiger partial charge in [-0.05, 0) is 29.7 Å². The lowest BCUT2D eigenvalue weighted by molar-refractivity contribution is 0.106. The number of nitrogens with zero attached hydrogens (tertiary/aromatic N) is 3. The van der Waals surface area contributed by atoms with Gasteiger partial charge in [0.2, 0.25) is 11.5 Å². The maximum absolute atomic E-state index is 12.3. The van der Waals surface area contributed by atoms with E-state index in [9.17, 15) is 18.5 Å². The Hall–Kier alpha value is -3.13. The van der Waals surface area contributed by atoms with Crippen molar-refractivity contribution in [1.29, 1.82) is 5.26 Å². The van der Waals surface area contributed by atoms with Crippen LogP contribution in [0.15, 0.2) is 58.5 Å². The summed E-state index contributed by atoms with van der Waals surface area (Å²) in [5, 5.41) is 13.7. The van der Waals surface area contributed by atoms with Crippen LogP contribution in [0.25, 0.3) is 10.9 Å². The van der Waals surface area contributed by atoms with Gasteiger partial charge in [0.15, 0.2) is 0 Å². The van der Waals surface area contributed by atoms with E-state index in [2.05, 4.69) is 14.9 Å². The Balaban J connectivity index is 1.94. The largest absolute Gasteiger partial charge is 0.294 e. The lowest BCUT2D eigenvalue weighted by atomic mass is 10.1. The fourth-order valence-corrected chi connectivity index (χ4v) is 3.33. The van der Waals surface area contributed by atoms with E-state index in [-0.39, 0.29) is 10.6 Å². The molecule has 130 valence electrons. The van der Waals surface area contributed by atoms with Gasteiger partial charge in [-0.2, -0.15) is 23.2 Å². The van der Waals surface area contributed by atoms with Crippen LogP contribution in [0.2, 0.25) is 0 Å². The second-order valence-corrected chi connectivity index (χ2v) is 7.24. The summed E-state index contributed by atoms with van der Waals surface area (Å²) in [5.41, 5.74) is 3.01. The first-order valence-electron chi connectivity index (χ1n) is 7.10. The summed E-state index contributed by atoms with van der Waals surface area (Å²) in [7, 11) is -4.37. The summed E-state index contributed by atoms with van der Waals surface area (Å²) in [6, 6.07) is 13.8. The molecule has 0 saturated carbocycles. The van der Waals surface area contributed by atoms with E-state index in [1.54, 1.807) is 36.4 Å². The Bertz CT molecular complexity index is 1160. The van der Waals surface area contributed by atoms with Crippen LogP contribution in [0, 0.1) is 11.3 Å². The molecule has 0 spiro atoms. The van der Waals surface area contributed by atoms with Crippen LogP contribution in [0.4, 0.5) is 5.00 Å². The van der Waals surface area contributed by atoms with Gasteiger partial charge in [0.05, 0.1) is 10.4 Å². The summed E-state index contributed by atoms with van der Waals surface area (Å²) in [6.45, 7) is 0. The molecule has 0 aliphatic heterocycles. The molecule has 0 bridgehead atoms. The maximum Gasteiger partial charge on any atom is 0.294 e. The topological polar surface area (TPSA) is 133 Å².